The molecule has 0 spiro atoms. The van der Waals surface area contributed by atoms with Crippen LogP contribution in [0, 0.1) is 6.92 Å². The SMILES string of the molecule is CCN1CCC[C@@H](Nc2nc3nc(-c4c(C)cccc4O)ccc3o2)C1. The van der Waals surface area contributed by atoms with Crippen LogP contribution in [0.1, 0.15) is 25.3 Å². The number of anilines is 1. The number of pyridine rings is 1. The van der Waals surface area contributed by atoms with Crippen LogP contribution < -0.4 is 5.32 Å². The molecule has 1 fully saturated rings. The average Bonchev–Trinajstić information content (AvgIpc) is 3.03. The molecule has 0 unspecified atom stereocenters. The first-order chi connectivity index (χ1) is 12.6. The highest BCUT2D eigenvalue weighted by atomic mass is 16.4. The molecule has 3 heterocycles. The number of hydrogen-bond acceptors (Lipinski definition) is 6. The van der Waals surface area contributed by atoms with Crippen LogP contribution in [-0.4, -0.2) is 45.7 Å². The molecule has 136 valence electrons. The van der Waals surface area contributed by atoms with Crippen LogP contribution in [-0.2, 0) is 0 Å². The molecular weight excluding hydrogens is 328 g/mol. The van der Waals surface area contributed by atoms with Crippen molar-refractivity contribution in [1.82, 2.24) is 14.9 Å². The molecule has 0 bridgehead atoms. The Hall–Kier alpha value is -2.60. The van der Waals surface area contributed by atoms with Gasteiger partial charge in [0.25, 0.3) is 6.01 Å². The number of nitrogens with zero attached hydrogens (tertiary/aromatic N) is 3. The van der Waals surface area contributed by atoms with Gasteiger partial charge in [-0.2, -0.15) is 4.98 Å². The Kier molecular flexibility index (Phi) is 4.51. The maximum absolute atomic E-state index is 10.2. The van der Waals surface area contributed by atoms with Gasteiger partial charge in [0.15, 0.2) is 5.58 Å². The summed E-state index contributed by atoms with van der Waals surface area (Å²) in [7, 11) is 0. The minimum atomic E-state index is 0.223. The van der Waals surface area contributed by atoms with Gasteiger partial charge in [0.2, 0.25) is 5.65 Å². The van der Waals surface area contributed by atoms with Crippen LogP contribution in [0.3, 0.4) is 0 Å². The fourth-order valence-electron chi connectivity index (χ4n) is 3.64. The van der Waals surface area contributed by atoms with Crippen molar-refractivity contribution in [2.75, 3.05) is 25.0 Å². The van der Waals surface area contributed by atoms with Gasteiger partial charge < -0.3 is 19.7 Å². The summed E-state index contributed by atoms with van der Waals surface area (Å²) in [4.78, 5) is 11.5. The molecule has 1 aromatic carbocycles. The first-order valence-electron chi connectivity index (χ1n) is 9.19. The Morgan fingerprint density at radius 1 is 1.27 bits per heavy atom. The number of piperidine rings is 1. The highest BCUT2D eigenvalue weighted by molar-refractivity contribution is 5.78. The van der Waals surface area contributed by atoms with Crippen molar-refractivity contribution in [3.63, 3.8) is 0 Å². The molecule has 2 N–H and O–H groups in total. The molecular formula is C20H24N4O2. The second-order valence-electron chi connectivity index (χ2n) is 6.88. The molecule has 3 aromatic rings. The molecule has 6 nitrogen and oxygen atoms in total. The average molecular weight is 352 g/mol. The van der Waals surface area contributed by atoms with E-state index in [2.05, 4.69) is 27.1 Å². The highest BCUT2D eigenvalue weighted by Crippen LogP contribution is 2.32. The number of likely N-dealkylation sites (N-methyl/N-ethyl adjacent to an activating group) is 1. The van der Waals surface area contributed by atoms with Crippen LogP contribution in [0.4, 0.5) is 6.01 Å². The summed E-state index contributed by atoms with van der Waals surface area (Å²) in [5, 5.41) is 13.6. The molecule has 0 saturated carbocycles. The molecule has 0 radical (unpaired) electrons. The number of phenols is 1. The second kappa shape index (κ2) is 6.96. The van der Waals surface area contributed by atoms with E-state index in [1.807, 2.05) is 31.2 Å². The third kappa shape index (κ3) is 3.24. The highest BCUT2D eigenvalue weighted by Gasteiger charge is 2.20. The number of benzene rings is 1. The number of nitrogens with one attached hydrogen (secondary N) is 1. The number of rotatable bonds is 4. The topological polar surface area (TPSA) is 74.4 Å². The Morgan fingerprint density at radius 3 is 2.96 bits per heavy atom. The normalized spacial score (nSPS) is 18.3. The maximum Gasteiger partial charge on any atom is 0.297 e. The number of phenolic OH excluding ortho intramolecular Hbond substituents is 1. The summed E-state index contributed by atoms with van der Waals surface area (Å²) in [6.07, 6.45) is 2.30. The lowest BCUT2D eigenvalue weighted by molar-refractivity contribution is 0.225. The van der Waals surface area contributed by atoms with E-state index in [1.54, 1.807) is 6.07 Å². The first kappa shape index (κ1) is 16.8. The molecule has 6 heteroatoms. The van der Waals surface area contributed by atoms with Crippen LogP contribution in [0.2, 0.25) is 0 Å². The van der Waals surface area contributed by atoms with E-state index in [0.717, 1.165) is 37.2 Å². The molecule has 2 aromatic heterocycles. The predicted molar refractivity (Wildman–Crippen MR) is 102 cm³/mol. The van der Waals surface area contributed by atoms with Crippen molar-refractivity contribution in [3.05, 3.63) is 35.9 Å². The molecule has 0 amide bonds. The Labute approximate surface area is 152 Å². The lowest BCUT2D eigenvalue weighted by atomic mass is 10.0. The molecule has 26 heavy (non-hydrogen) atoms. The molecule has 1 atom stereocenters. The van der Waals surface area contributed by atoms with Gasteiger partial charge in [-0.1, -0.05) is 19.1 Å². The number of likely N-dealkylation sites (tertiary alicyclic amines) is 1. The van der Waals surface area contributed by atoms with Crippen molar-refractivity contribution in [1.29, 1.82) is 0 Å². The van der Waals surface area contributed by atoms with E-state index in [-0.39, 0.29) is 5.75 Å². The summed E-state index contributed by atoms with van der Waals surface area (Å²) < 4.78 is 5.83. The number of aryl methyl sites for hydroxylation is 1. The largest absolute Gasteiger partial charge is 0.507 e. The maximum atomic E-state index is 10.2. The summed E-state index contributed by atoms with van der Waals surface area (Å²) in [5.74, 6) is 0.223. The monoisotopic (exact) mass is 352 g/mol. The summed E-state index contributed by atoms with van der Waals surface area (Å²) in [5.41, 5.74) is 3.60. The van der Waals surface area contributed by atoms with Crippen molar-refractivity contribution in [3.8, 4) is 17.0 Å². The molecule has 1 saturated heterocycles. The van der Waals surface area contributed by atoms with Gasteiger partial charge in [0.05, 0.1) is 5.69 Å². The van der Waals surface area contributed by atoms with E-state index in [9.17, 15) is 5.11 Å². The summed E-state index contributed by atoms with van der Waals surface area (Å²) >= 11 is 0. The van der Waals surface area contributed by atoms with E-state index in [1.165, 1.54) is 6.42 Å². The minimum Gasteiger partial charge on any atom is -0.507 e. The molecule has 0 aliphatic carbocycles. The van der Waals surface area contributed by atoms with Crippen LogP contribution in [0.25, 0.3) is 22.5 Å². The Morgan fingerprint density at radius 2 is 2.15 bits per heavy atom. The van der Waals surface area contributed by atoms with Crippen molar-refractivity contribution in [2.45, 2.75) is 32.7 Å². The number of hydrogen-bond donors (Lipinski definition) is 2. The van der Waals surface area contributed by atoms with Crippen molar-refractivity contribution in [2.24, 2.45) is 0 Å². The Balaban J connectivity index is 1.60. The van der Waals surface area contributed by atoms with Crippen molar-refractivity contribution < 1.29 is 9.52 Å². The zero-order valence-corrected chi connectivity index (χ0v) is 15.2. The third-order valence-electron chi connectivity index (χ3n) is 5.04. The zero-order chi connectivity index (χ0) is 18.1. The molecule has 1 aliphatic rings. The standard InChI is InChI=1S/C20H24N4O2/c1-3-24-11-5-7-14(12-24)21-20-23-19-17(26-20)10-9-15(22-19)18-13(2)6-4-8-16(18)25/h4,6,8-10,14,25H,3,5,7,11-12H2,1-2H3,(H,21,22,23)/t14-/m1/s1. The predicted octanol–water partition coefficient (Wildman–Crippen LogP) is 3.80. The van der Waals surface area contributed by atoms with E-state index >= 15 is 0 Å². The van der Waals surface area contributed by atoms with Gasteiger partial charge in [-0.05, 0) is 56.6 Å². The second-order valence-corrected chi connectivity index (χ2v) is 6.88. The summed E-state index contributed by atoms with van der Waals surface area (Å²) in [6.45, 7) is 7.38. The minimum absolute atomic E-state index is 0.223. The number of oxazole rings is 1. The quantitative estimate of drug-likeness (QED) is 0.744. The van der Waals surface area contributed by atoms with Gasteiger partial charge in [0.1, 0.15) is 5.75 Å². The van der Waals surface area contributed by atoms with Crippen LogP contribution in [0.15, 0.2) is 34.7 Å². The lowest BCUT2D eigenvalue weighted by Gasteiger charge is -2.31. The fraction of sp³-hybridized carbons (Fsp3) is 0.400. The number of aromatic hydroxyl groups is 1. The number of fused-ring (bicyclic) bond motifs is 1. The zero-order valence-electron chi connectivity index (χ0n) is 15.2. The lowest BCUT2D eigenvalue weighted by Crippen LogP contribution is -2.41. The van der Waals surface area contributed by atoms with Gasteiger partial charge in [-0.3, -0.25) is 0 Å². The molecule has 1 aliphatic heterocycles. The van der Waals surface area contributed by atoms with Crippen LogP contribution >= 0.6 is 0 Å². The fourth-order valence-corrected chi connectivity index (χ4v) is 3.64. The Bertz CT molecular complexity index is 901. The third-order valence-corrected chi connectivity index (χ3v) is 5.04. The number of aromatic nitrogens is 2. The first-order valence-corrected chi connectivity index (χ1v) is 9.19. The van der Waals surface area contributed by atoms with Crippen molar-refractivity contribution >= 4 is 17.2 Å². The van der Waals surface area contributed by atoms with Gasteiger partial charge in [0, 0.05) is 18.2 Å². The van der Waals surface area contributed by atoms with E-state index in [0.29, 0.717) is 29.0 Å². The smallest absolute Gasteiger partial charge is 0.297 e. The van der Waals surface area contributed by atoms with Gasteiger partial charge in [-0.25, -0.2) is 4.98 Å². The van der Waals surface area contributed by atoms with E-state index < -0.39 is 0 Å². The van der Waals surface area contributed by atoms with Crippen LogP contribution in [0.5, 0.6) is 5.75 Å². The van der Waals surface area contributed by atoms with E-state index in [4.69, 9.17) is 4.42 Å². The molecule has 4 rings (SSSR count). The van der Waals surface area contributed by atoms with Gasteiger partial charge in [-0.15, -0.1) is 0 Å². The summed E-state index contributed by atoms with van der Waals surface area (Å²) in [6, 6.07) is 10.0. The van der Waals surface area contributed by atoms with Gasteiger partial charge >= 0.3 is 0 Å².